The maximum atomic E-state index is 12.0. The van der Waals surface area contributed by atoms with E-state index in [1.807, 2.05) is 32.0 Å². The number of urea groups is 1. The molecule has 1 aromatic carbocycles. The van der Waals surface area contributed by atoms with Gasteiger partial charge in [-0.3, -0.25) is 19.3 Å². The minimum Gasteiger partial charge on any atom is -0.456 e. The number of hydrogen-bond acceptors (Lipinski definition) is 5. The quantitative estimate of drug-likeness (QED) is 0.559. The number of imide groups is 1. The Labute approximate surface area is 158 Å². The molecule has 1 aromatic rings. The van der Waals surface area contributed by atoms with E-state index in [1.54, 1.807) is 13.8 Å². The van der Waals surface area contributed by atoms with E-state index in [4.69, 9.17) is 4.74 Å². The molecule has 146 valence electrons. The van der Waals surface area contributed by atoms with Crippen molar-refractivity contribution in [3.05, 3.63) is 29.3 Å². The number of nitrogens with one attached hydrogen (secondary N) is 2. The number of aryl methyl sites for hydroxylation is 2. The van der Waals surface area contributed by atoms with Gasteiger partial charge in [-0.05, 0) is 57.4 Å². The SMILES string of the molecule is Cc1cc(C)cc(NC(=O)COC(=O)CCCN2C(=O)NC(C)(C)C2=O)c1. The zero-order valence-corrected chi connectivity index (χ0v) is 16.0. The van der Waals surface area contributed by atoms with Gasteiger partial charge in [0.1, 0.15) is 5.54 Å². The van der Waals surface area contributed by atoms with E-state index < -0.39 is 23.4 Å². The van der Waals surface area contributed by atoms with E-state index in [2.05, 4.69) is 10.6 Å². The van der Waals surface area contributed by atoms with Gasteiger partial charge in [0, 0.05) is 18.7 Å². The molecule has 2 N–H and O–H groups in total. The van der Waals surface area contributed by atoms with Crippen LogP contribution in [0.15, 0.2) is 18.2 Å². The van der Waals surface area contributed by atoms with Crippen molar-refractivity contribution in [2.75, 3.05) is 18.5 Å². The molecular formula is C19H25N3O5. The van der Waals surface area contributed by atoms with Crippen molar-refractivity contribution in [3.8, 4) is 0 Å². The van der Waals surface area contributed by atoms with Crippen molar-refractivity contribution in [1.29, 1.82) is 0 Å². The molecule has 1 saturated heterocycles. The summed E-state index contributed by atoms with van der Waals surface area (Å²) < 4.78 is 4.94. The molecule has 4 amide bonds. The van der Waals surface area contributed by atoms with Crippen LogP contribution in [0.4, 0.5) is 10.5 Å². The molecule has 1 aliphatic rings. The third-order valence-electron chi connectivity index (χ3n) is 4.08. The lowest BCUT2D eigenvalue weighted by Crippen LogP contribution is -2.40. The smallest absolute Gasteiger partial charge is 0.325 e. The fourth-order valence-corrected chi connectivity index (χ4v) is 2.86. The largest absolute Gasteiger partial charge is 0.456 e. The van der Waals surface area contributed by atoms with Crippen LogP contribution in [-0.4, -0.2) is 47.4 Å². The Kier molecular flexibility index (Phi) is 6.20. The average Bonchev–Trinajstić information content (AvgIpc) is 2.73. The van der Waals surface area contributed by atoms with Gasteiger partial charge in [-0.1, -0.05) is 6.07 Å². The fourth-order valence-electron chi connectivity index (χ4n) is 2.86. The van der Waals surface area contributed by atoms with Gasteiger partial charge < -0.3 is 15.4 Å². The van der Waals surface area contributed by atoms with Gasteiger partial charge in [0.05, 0.1) is 0 Å². The number of ether oxygens (including phenoxy) is 1. The minimum atomic E-state index is -0.927. The molecule has 0 unspecified atom stereocenters. The number of amides is 4. The summed E-state index contributed by atoms with van der Waals surface area (Å²) in [6.07, 6.45) is 0.279. The number of hydrogen-bond donors (Lipinski definition) is 2. The summed E-state index contributed by atoms with van der Waals surface area (Å²) in [5, 5.41) is 5.25. The van der Waals surface area contributed by atoms with E-state index >= 15 is 0 Å². The summed E-state index contributed by atoms with van der Waals surface area (Å²) in [6.45, 7) is 6.83. The first-order chi connectivity index (χ1) is 12.6. The lowest BCUT2D eigenvalue weighted by atomic mass is 10.1. The maximum Gasteiger partial charge on any atom is 0.325 e. The van der Waals surface area contributed by atoms with Crippen molar-refractivity contribution >= 4 is 29.5 Å². The van der Waals surface area contributed by atoms with Gasteiger partial charge >= 0.3 is 12.0 Å². The fraction of sp³-hybridized carbons (Fsp3) is 0.474. The first kappa shape index (κ1) is 20.4. The zero-order valence-electron chi connectivity index (χ0n) is 16.0. The van der Waals surface area contributed by atoms with Crippen LogP contribution >= 0.6 is 0 Å². The zero-order chi connectivity index (χ0) is 20.2. The highest BCUT2D eigenvalue weighted by Crippen LogP contribution is 2.17. The first-order valence-corrected chi connectivity index (χ1v) is 8.76. The Morgan fingerprint density at radius 3 is 2.33 bits per heavy atom. The predicted molar refractivity (Wildman–Crippen MR) is 99.1 cm³/mol. The van der Waals surface area contributed by atoms with Gasteiger partial charge in [0.25, 0.3) is 11.8 Å². The molecule has 2 rings (SSSR count). The molecule has 0 aliphatic carbocycles. The van der Waals surface area contributed by atoms with Crippen molar-refractivity contribution in [3.63, 3.8) is 0 Å². The van der Waals surface area contributed by atoms with Gasteiger partial charge in [-0.15, -0.1) is 0 Å². The molecule has 0 bridgehead atoms. The van der Waals surface area contributed by atoms with E-state index in [1.165, 1.54) is 0 Å². The summed E-state index contributed by atoms with van der Waals surface area (Å²) in [4.78, 5) is 48.5. The molecule has 1 aliphatic heterocycles. The normalized spacial score (nSPS) is 15.5. The molecule has 0 saturated carbocycles. The van der Waals surface area contributed by atoms with Crippen molar-refractivity contribution in [1.82, 2.24) is 10.2 Å². The average molecular weight is 375 g/mol. The molecule has 0 radical (unpaired) electrons. The van der Waals surface area contributed by atoms with Gasteiger partial charge in [0.15, 0.2) is 6.61 Å². The molecule has 1 heterocycles. The van der Waals surface area contributed by atoms with E-state index in [9.17, 15) is 19.2 Å². The molecule has 8 heteroatoms. The highest BCUT2D eigenvalue weighted by molar-refractivity contribution is 6.06. The van der Waals surface area contributed by atoms with Crippen molar-refractivity contribution in [2.45, 2.75) is 46.1 Å². The van der Waals surface area contributed by atoms with E-state index in [-0.39, 0.29) is 31.9 Å². The van der Waals surface area contributed by atoms with Gasteiger partial charge in [-0.25, -0.2) is 4.79 Å². The summed E-state index contributed by atoms with van der Waals surface area (Å²) in [5.41, 5.74) is 1.76. The van der Waals surface area contributed by atoms with Crippen LogP contribution in [0.3, 0.4) is 0 Å². The van der Waals surface area contributed by atoms with Crippen LogP contribution in [0.2, 0.25) is 0 Å². The highest BCUT2D eigenvalue weighted by atomic mass is 16.5. The minimum absolute atomic E-state index is 0.00826. The third-order valence-corrected chi connectivity index (χ3v) is 4.08. The first-order valence-electron chi connectivity index (χ1n) is 8.76. The highest BCUT2D eigenvalue weighted by Gasteiger charge is 2.43. The maximum absolute atomic E-state index is 12.0. The molecular weight excluding hydrogens is 350 g/mol. The molecule has 27 heavy (non-hydrogen) atoms. The van der Waals surface area contributed by atoms with Crippen LogP contribution in [-0.2, 0) is 19.1 Å². The van der Waals surface area contributed by atoms with Crippen LogP contribution in [0.25, 0.3) is 0 Å². The second-order valence-corrected chi connectivity index (χ2v) is 7.20. The lowest BCUT2D eigenvalue weighted by Gasteiger charge is -2.15. The number of anilines is 1. The molecule has 8 nitrogen and oxygen atoms in total. The Balaban J connectivity index is 1.71. The van der Waals surface area contributed by atoms with Crippen LogP contribution in [0.1, 0.15) is 37.8 Å². The summed E-state index contributed by atoms with van der Waals surface area (Å²) >= 11 is 0. The standard InChI is InChI=1S/C19H25N3O5/c1-12-8-13(2)10-14(9-12)20-15(23)11-27-16(24)6-5-7-22-17(25)19(3,4)21-18(22)26/h8-10H,5-7,11H2,1-4H3,(H,20,23)(H,21,26). The predicted octanol–water partition coefficient (Wildman–Crippen LogP) is 1.90. The molecule has 0 spiro atoms. The second-order valence-electron chi connectivity index (χ2n) is 7.20. The second kappa shape index (κ2) is 8.20. The van der Waals surface area contributed by atoms with Gasteiger partial charge in [-0.2, -0.15) is 0 Å². The summed E-state index contributed by atoms with van der Waals surface area (Å²) in [7, 11) is 0. The van der Waals surface area contributed by atoms with Crippen LogP contribution < -0.4 is 10.6 Å². The number of rotatable bonds is 7. The number of carbonyl (C=O) groups excluding carboxylic acids is 4. The molecule has 0 aromatic heterocycles. The summed E-state index contributed by atoms with van der Waals surface area (Å²) in [5.74, 6) is -1.31. The Hall–Kier alpha value is -2.90. The van der Waals surface area contributed by atoms with Crippen molar-refractivity contribution < 1.29 is 23.9 Å². The number of benzene rings is 1. The summed E-state index contributed by atoms with van der Waals surface area (Å²) in [6, 6.07) is 5.17. The van der Waals surface area contributed by atoms with Crippen LogP contribution in [0.5, 0.6) is 0 Å². The van der Waals surface area contributed by atoms with E-state index in [0.29, 0.717) is 5.69 Å². The Bertz CT molecular complexity index is 752. The van der Waals surface area contributed by atoms with Crippen LogP contribution in [0, 0.1) is 13.8 Å². The lowest BCUT2D eigenvalue weighted by molar-refractivity contribution is -0.147. The monoisotopic (exact) mass is 375 g/mol. The van der Waals surface area contributed by atoms with Crippen molar-refractivity contribution in [2.24, 2.45) is 0 Å². The number of nitrogens with zero attached hydrogens (tertiary/aromatic N) is 1. The number of carbonyl (C=O) groups is 4. The Morgan fingerprint density at radius 2 is 1.78 bits per heavy atom. The molecule has 1 fully saturated rings. The Morgan fingerprint density at radius 1 is 1.15 bits per heavy atom. The third kappa shape index (κ3) is 5.54. The van der Waals surface area contributed by atoms with Gasteiger partial charge in [0.2, 0.25) is 0 Å². The van der Waals surface area contributed by atoms with E-state index in [0.717, 1.165) is 16.0 Å². The topological polar surface area (TPSA) is 105 Å². The number of esters is 1. The molecule has 0 atom stereocenters.